The van der Waals surface area contributed by atoms with Crippen LogP contribution in [0.25, 0.3) is 0 Å². The van der Waals surface area contributed by atoms with E-state index in [2.05, 4.69) is 39.7 Å². The van der Waals surface area contributed by atoms with Crippen molar-refractivity contribution < 1.29 is 4.39 Å². The molecule has 0 spiro atoms. The number of nitrogens with zero attached hydrogens (tertiary/aromatic N) is 2. The predicted octanol–water partition coefficient (Wildman–Crippen LogP) is 4.45. The van der Waals surface area contributed by atoms with Crippen LogP contribution >= 0.6 is 27.7 Å². The minimum Gasteiger partial charge on any atom is -0.383 e. The maximum absolute atomic E-state index is 12.9. The summed E-state index contributed by atoms with van der Waals surface area (Å²) in [6, 6.07) is 6.39. The SMILES string of the molecule is CC(C)Cc1nc(CSc2ccc(F)cc2)nc(N)c1Br. The van der Waals surface area contributed by atoms with Gasteiger partial charge in [-0.1, -0.05) is 13.8 Å². The van der Waals surface area contributed by atoms with Gasteiger partial charge in [-0.15, -0.1) is 11.8 Å². The molecule has 2 aromatic rings. The monoisotopic (exact) mass is 369 g/mol. The van der Waals surface area contributed by atoms with Gasteiger partial charge in [0.15, 0.2) is 0 Å². The molecule has 0 saturated heterocycles. The summed E-state index contributed by atoms with van der Waals surface area (Å²) in [6.07, 6.45) is 0.849. The Bertz CT molecular complexity index is 617. The van der Waals surface area contributed by atoms with Crippen LogP contribution in [0.15, 0.2) is 33.6 Å². The van der Waals surface area contributed by atoms with Gasteiger partial charge in [-0.25, -0.2) is 14.4 Å². The standard InChI is InChI=1S/C15H17BrFN3S/c1-9(2)7-12-14(16)15(18)20-13(19-12)8-21-11-5-3-10(17)4-6-11/h3-6,9H,7-8H2,1-2H3,(H2,18,19,20). The molecule has 3 nitrogen and oxygen atoms in total. The van der Waals surface area contributed by atoms with Gasteiger partial charge in [0.25, 0.3) is 0 Å². The third-order valence-electron chi connectivity index (χ3n) is 2.77. The fourth-order valence-corrected chi connectivity index (χ4v) is 2.92. The molecule has 1 aromatic carbocycles. The summed E-state index contributed by atoms with van der Waals surface area (Å²) < 4.78 is 13.6. The van der Waals surface area contributed by atoms with Crippen molar-refractivity contribution in [3.05, 3.63) is 46.1 Å². The Labute approximate surface area is 136 Å². The predicted molar refractivity (Wildman–Crippen MR) is 88.6 cm³/mol. The second-order valence-electron chi connectivity index (χ2n) is 5.13. The quantitative estimate of drug-likeness (QED) is 0.790. The molecule has 21 heavy (non-hydrogen) atoms. The molecule has 2 rings (SSSR count). The van der Waals surface area contributed by atoms with Crippen molar-refractivity contribution in [2.24, 2.45) is 5.92 Å². The summed E-state index contributed by atoms with van der Waals surface area (Å²) in [5, 5.41) is 0. The maximum Gasteiger partial charge on any atom is 0.141 e. The molecule has 112 valence electrons. The van der Waals surface area contributed by atoms with Crippen LogP contribution in [0.2, 0.25) is 0 Å². The van der Waals surface area contributed by atoms with E-state index in [0.717, 1.165) is 21.5 Å². The lowest BCUT2D eigenvalue weighted by molar-refractivity contribution is 0.626. The highest BCUT2D eigenvalue weighted by Crippen LogP contribution is 2.26. The van der Waals surface area contributed by atoms with Gasteiger partial charge in [-0.2, -0.15) is 0 Å². The number of hydrogen-bond donors (Lipinski definition) is 1. The number of rotatable bonds is 5. The lowest BCUT2D eigenvalue weighted by Crippen LogP contribution is -2.07. The largest absolute Gasteiger partial charge is 0.383 e. The van der Waals surface area contributed by atoms with Crippen molar-refractivity contribution in [2.45, 2.75) is 30.9 Å². The zero-order valence-corrected chi connectivity index (χ0v) is 14.3. The van der Waals surface area contributed by atoms with E-state index in [9.17, 15) is 4.39 Å². The molecule has 0 aliphatic carbocycles. The lowest BCUT2D eigenvalue weighted by atomic mass is 10.1. The van der Waals surface area contributed by atoms with Gasteiger partial charge in [0.2, 0.25) is 0 Å². The van der Waals surface area contributed by atoms with Crippen LogP contribution in [-0.4, -0.2) is 9.97 Å². The number of hydrogen-bond acceptors (Lipinski definition) is 4. The minimum atomic E-state index is -0.234. The van der Waals surface area contributed by atoms with Crippen LogP contribution in [0, 0.1) is 11.7 Å². The number of anilines is 1. The summed E-state index contributed by atoms with van der Waals surface area (Å²) in [5.41, 5.74) is 6.87. The second-order valence-corrected chi connectivity index (χ2v) is 6.97. The molecule has 0 bridgehead atoms. The maximum atomic E-state index is 12.9. The summed E-state index contributed by atoms with van der Waals surface area (Å²) in [5.74, 6) is 2.03. The summed E-state index contributed by atoms with van der Waals surface area (Å²) in [4.78, 5) is 9.85. The first-order valence-electron chi connectivity index (χ1n) is 6.65. The molecule has 0 unspecified atom stereocenters. The highest BCUT2D eigenvalue weighted by molar-refractivity contribution is 9.10. The van der Waals surface area contributed by atoms with Crippen LogP contribution in [0.4, 0.5) is 10.2 Å². The van der Waals surface area contributed by atoms with Crippen molar-refractivity contribution in [3.8, 4) is 0 Å². The lowest BCUT2D eigenvalue weighted by Gasteiger charge is -2.10. The zero-order chi connectivity index (χ0) is 15.4. The van der Waals surface area contributed by atoms with E-state index < -0.39 is 0 Å². The molecule has 0 fully saturated rings. The Morgan fingerprint density at radius 1 is 1.24 bits per heavy atom. The van der Waals surface area contributed by atoms with Gasteiger partial charge in [-0.3, -0.25) is 0 Å². The molecular weight excluding hydrogens is 353 g/mol. The first-order valence-corrected chi connectivity index (χ1v) is 8.42. The van der Waals surface area contributed by atoms with Crippen LogP contribution in [-0.2, 0) is 12.2 Å². The number of benzene rings is 1. The normalized spacial score (nSPS) is 11.1. The molecule has 0 saturated carbocycles. The van der Waals surface area contributed by atoms with E-state index in [4.69, 9.17) is 5.73 Å². The molecule has 0 aliphatic heterocycles. The highest BCUT2D eigenvalue weighted by Gasteiger charge is 2.12. The topological polar surface area (TPSA) is 51.8 Å². The summed E-state index contributed by atoms with van der Waals surface area (Å²) >= 11 is 5.01. The Kier molecular flexibility index (Phi) is 5.58. The number of nitrogen functional groups attached to an aromatic ring is 1. The molecule has 0 radical (unpaired) electrons. The molecule has 2 N–H and O–H groups in total. The average molecular weight is 370 g/mol. The van der Waals surface area contributed by atoms with E-state index >= 15 is 0 Å². The number of thioether (sulfide) groups is 1. The van der Waals surface area contributed by atoms with Gasteiger partial charge in [0.1, 0.15) is 17.5 Å². The Balaban J connectivity index is 2.12. The molecule has 0 aliphatic rings. The Morgan fingerprint density at radius 3 is 2.52 bits per heavy atom. The van der Waals surface area contributed by atoms with Crippen molar-refractivity contribution in [3.63, 3.8) is 0 Å². The first kappa shape index (κ1) is 16.2. The molecule has 6 heteroatoms. The molecular formula is C15H17BrFN3S. The molecule has 1 heterocycles. The van der Waals surface area contributed by atoms with Gasteiger partial charge >= 0.3 is 0 Å². The first-order chi connectivity index (χ1) is 9.95. The van der Waals surface area contributed by atoms with Crippen LogP contribution in [0.3, 0.4) is 0 Å². The molecule has 0 atom stereocenters. The summed E-state index contributed by atoms with van der Waals surface area (Å²) in [7, 11) is 0. The van der Waals surface area contributed by atoms with E-state index in [-0.39, 0.29) is 5.82 Å². The smallest absolute Gasteiger partial charge is 0.141 e. The number of aromatic nitrogens is 2. The Hall–Kier alpha value is -1.14. The van der Waals surface area contributed by atoms with Gasteiger partial charge < -0.3 is 5.73 Å². The van der Waals surface area contributed by atoms with Crippen LogP contribution in [0.5, 0.6) is 0 Å². The van der Waals surface area contributed by atoms with Crippen molar-refractivity contribution in [2.75, 3.05) is 5.73 Å². The van der Waals surface area contributed by atoms with E-state index in [1.54, 1.807) is 23.9 Å². The second kappa shape index (κ2) is 7.22. The van der Waals surface area contributed by atoms with E-state index in [1.165, 1.54) is 12.1 Å². The third kappa shape index (κ3) is 4.68. The summed E-state index contributed by atoms with van der Waals surface area (Å²) in [6.45, 7) is 4.27. The number of halogens is 2. The van der Waals surface area contributed by atoms with Crippen LogP contribution in [0.1, 0.15) is 25.4 Å². The molecule has 0 amide bonds. The Morgan fingerprint density at radius 2 is 1.90 bits per heavy atom. The number of nitrogens with two attached hydrogens (primary N) is 1. The van der Waals surface area contributed by atoms with Crippen molar-refractivity contribution in [1.29, 1.82) is 0 Å². The minimum absolute atomic E-state index is 0.234. The van der Waals surface area contributed by atoms with E-state index in [1.807, 2.05) is 0 Å². The van der Waals surface area contributed by atoms with Crippen molar-refractivity contribution in [1.82, 2.24) is 9.97 Å². The fourth-order valence-electron chi connectivity index (χ4n) is 1.83. The third-order valence-corrected chi connectivity index (χ3v) is 4.65. The zero-order valence-electron chi connectivity index (χ0n) is 11.9. The fraction of sp³-hybridized carbons (Fsp3) is 0.333. The van der Waals surface area contributed by atoms with Crippen molar-refractivity contribution >= 4 is 33.5 Å². The van der Waals surface area contributed by atoms with Gasteiger partial charge in [-0.05, 0) is 52.5 Å². The van der Waals surface area contributed by atoms with Crippen LogP contribution < -0.4 is 5.73 Å². The van der Waals surface area contributed by atoms with E-state index in [0.29, 0.717) is 23.3 Å². The van der Waals surface area contributed by atoms with Gasteiger partial charge in [0.05, 0.1) is 15.9 Å². The van der Waals surface area contributed by atoms with Gasteiger partial charge in [0, 0.05) is 4.90 Å². The molecule has 1 aromatic heterocycles. The average Bonchev–Trinajstić information content (AvgIpc) is 2.43. The highest BCUT2D eigenvalue weighted by atomic mass is 79.9.